The molecule has 0 spiro atoms. The second kappa shape index (κ2) is 6.11. The first-order valence-electron chi connectivity index (χ1n) is 5.97. The van der Waals surface area contributed by atoms with Gasteiger partial charge in [0, 0.05) is 20.2 Å². The molecule has 2 rings (SSSR count). The molecule has 1 amide bonds. The Balaban J connectivity index is 1.95. The van der Waals surface area contributed by atoms with Crippen molar-refractivity contribution in [2.45, 2.75) is 12.8 Å². The molecule has 1 aliphatic rings. The van der Waals surface area contributed by atoms with Crippen molar-refractivity contribution in [3.05, 3.63) is 23.2 Å². The van der Waals surface area contributed by atoms with Crippen LogP contribution in [0.1, 0.15) is 23.3 Å². The summed E-state index contributed by atoms with van der Waals surface area (Å²) < 4.78 is 5.40. The van der Waals surface area contributed by atoms with Gasteiger partial charge in [-0.05, 0) is 18.8 Å². The third-order valence-corrected chi connectivity index (χ3v) is 3.14. The maximum absolute atomic E-state index is 12.1. The van der Waals surface area contributed by atoms with Crippen LogP contribution >= 0.6 is 11.6 Å². The largest absolute Gasteiger partial charge is 0.381 e. The highest BCUT2D eigenvalue weighted by Gasteiger charge is 2.20. The van der Waals surface area contributed by atoms with Crippen molar-refractivity contribution in [1.29, 1.82) is 0 Å². The van der Waals surface area contributed by atoms with Gasteiger partial charge in [0.1, 0.15) is 10.8 Å². The molecule has 1 fully saturated rings. The zero-order chi connectivity index (χ0) is 13.0. The van der Waals surface area contributed by atoms with Crippen molar-refractivity contribution >= 4 is 17.5 Å². The van der Waals surface area contributed by atoms with Crippen molar-refractivity contribution in [1.82, 2.24) is 14.9 Å². The molecule has 1 aliphatic heterocycles. The molecule has 6 heteroatoms. The van der Waals surface area contributed by atoms with Crippen molar-refractivity contribution in [2.75, 3.05) is 26.8 Å². The van der Waals surface area contributed by atoms with Gasteiger partial charge in [-0.1, -0.05) is 11.6 Å². The van der Waals surface area contributed by atoms with Crippen molar-refractivity contribution < 1.29 is 9.53 Å². The van der Waals surface area contributed by atoms with Gasteiger partial charge in [0.15, 0.2) is 0 Å². The van der Waals surface area contributed by atoms with Gasteiger partial charge in [-0.25, -0.2) is 4.98 Å². The van der Waals surface area contributed by atoms with E-state index in [1.807, 2.05) is 0 Å². The summed E-state index contributed by atoms with van der Waals surface area (Å²) in [6.07, 6.45) is 5.00. The van der Waals surface area contributed by atoms with Crippen LogP contribution in [0.15, 0.2) is 12.4 Å². The number of halogens is 1. The maximum Gasteiger partial charge on any atom is 0.273 e. The maximum atomic E-state index is 12.1. The zero-order valence-electron chi connectivity index (χ0n) is 10.3. The topological polar surface area (TPSA) is 55.3 Å². The standard InChI is InChI=1S/C12H16ClN3O2/c1-16(7-9-3-2-4-18-8-9)12(17)10-5-14-6-11(13)15-10/h5-6,9H,2-4,7-8H2,1H3. The van der Waals surface area contributed by atoms with Crippen LogP contribution in [0.4, 0.5) is 0 Å². The molecule has 18 heavy (non-hydrogen) atoms. The van der Waals surface area contributed by atoms with Crippen LogP contribution in [0.3, 0.4) is 0 Å². The second-order valence-corrected chi connectivity index (χ2v) is 4.88. The third kappa shape index (κ3) is 3.40. The fraction of sp³-hybridized carbons (Fsp3) is 0.583. The Morgan fingerprint density at radius 3 is 3.11 bits per heavy atom. The summed E-state index contributed by atoms with van der Waals surface area (Å²) in [7, 11) is 1.76. The SMILES string of the molecule is CN(CC1CCCOC1)C(=O)c1cncc(Cl)n1. The molecule has 2 heterocycles. The molecular formula is C12H16ClN3O2. The van der Waals surface area contributed by atoms with E-state index in [1.54, 1.807) is 11.9 Å². The number of hydrogen-bond donors (Lipinski definition) is 0. The molecule has 1 aromatic rings. The number of rotatable bonds is 3. The number of nitrogens with zero attached hydrogens (tertiary/aromatic N) is 3. The first-order chi connectivity index (χ1) is 8.66. The van der Waals surface area contributed by atoms with E-state index < -0.39 is 0 Å². The van der Waals surface area contributed by atoms with E-state index >= 15 is 0 Å². The highest BCUT2D eigenvalue weighted by molar-refractivity contribution is 6.29. The molecule has 0 N–H and O–H groups in total. The highest BCUT2D eigenvalue weighted by Crippen LogP contribution is 2.15. The van der Waals surface area contributed by atoms with Gasteiger partial charge >= 0.3 is 0 Å². The van der Waals surface area contributed by atoms with E-state index in [1.165, 1.54) is 12.4 Å². The monoisotopic (exact) mass is 269 g/mol. The summed E-state index contributed by atoms with van der Waals surface area (Å²) in [5.74, 6) is 0.246. The van der Waals surface area contributed by atoms with Gasteiger partial charge in [-0.3, -0.25) is 9.78 Å². The lowest BCUT2D eigenvalue weighted by atomic mass is 10.0. The fourth-order valence-electron chi connectivity index (χ4n) is 2.06. The van der Waals surface area contributed by atoms with Crippen molar-refractivity contribution in [2.24, 2.45) is 5.92 Å². The molecule has 0 aromatic carbocycles. The summed E-state index contributed by atoms with van der Waals surface area (Å²) >= 11 is 5.72. The number of aromatic nitrogens is 2. The summed E-state index contributed by atoms with van der Waals surface area (Å²) in [5.41, 5.74) is 0.279. The number of ether oxygens (including phenoxy) is 1. The van der Waals surface area contributed by atoms with Crippen molar-refractivity contribution in [3.8, 4) is 0 Å². The van der Waals surface area contributed by atoms with Gasteiger partial charge in [0.05, 0.1) is 19.0 Å². The van der Waals surface area contributed by atoms with Crippen LogP contribution in [0.25, 0.3) is 0 Å². The number of carbonyl (C=O) groups excluding carboxylic acids is 1. The first-order valence-corrected chi connectivity index (χ1v) is 6.35. The first kappa shape index (κ1) is 13.2. The van der Waals surface area contributed by atoms with E-state index in [2.05, 4.69) is 9.97 Å². The van der Waals surface area contributed by atoms with Crippen LogP contribution < -0.4 is 0 Å². The molecule has 0 bridgehead atoms. The van der Waals surface area contributed by atoms with Gasteiger partial charge in [-0.15, -0.1) is 0 Å². The van der Waals surface area contributed by atoms with E-state index in [9.17, 15) is 4.79 Å². The average molecular weight is 270 g/mol. The second-order valence-electron chi connectivity index (χ2n) is 4.50. The van der Waals surface area contributed by atoms with Gasteiger partial charge < -0.3 is 9.64 Å². The Bertz CT molecular complexity index is 422. The zero-order valence-corrected chi connectivity index (χ0v) is 11.1. The summed E-state index contributed by atoms with van der Waals surface area (Å²) in [5, 5.41) is 0.232. The van der Waals surface area contributed by atoms with Crippen LogP contribution in [0.5, 0.6) is 0 Å². The van der Waals surface area contributed by atoms with E-state index in [0.29, 0.717) is 12.5 Å². The van der Waals surface area contributed by atoms with Crippen LogP contribution in [-0.4, -0.2) is 47.6 Å². The molecule has 0 radical (unpaired) electrons. The van der Waals surface area contributed by atoms with Crippen molar-refractivity contribution in [3.63, 3.8) is 0 Å². The minimum Gasteiger partial charge on any atom is -0.381 e. The number of hydrogen-bond acceptors (Lipinski definition) is 4. The molecule has 5 nitrogen and oxygen atoms in total. The summed E-state index contributed by atoms with van der Waals surface area (Å²) in [6.45, 7) is 2.22. The van der Waals surface area contributed by atoms with Gasteiger partial charge in [0.2, 0.25) is 0 Å². The van der Waals surface area contributed by atoms with Crippen LogP contribution in [0.2, 0.25) is 5.15 Å². The Hall–Kier alpha value is -1.20. The average Bonchev–Trinajstić information content (AvgIpc) is 2.39. The fourth-order valence-corrected chi connectivity index (χ4v) is 2.21. The molecule has 98 valence electrons. The normalized spacial score (nSPS) is 19.6. The number of carbonyl (C=O) groups is 1. The third-order valence-electron chi connectivity index (χ3n) is 2.96. The molecule has 1 saturated heterocycles. The number of amides is 1. The van der Waals surface area contributed by atoms with Crippen LogP contribution in [-0.2, 0) is 4.74 Å². The van der Waals surface area contributed by atoms with E-state index in [4.69, 9.17) is 16.3 Å². The van der Waals surface area contributed by atoms with Crippen LogP contribution in [0, 0.1) is 5.92 Å². The van der Waals surface area contributed by atoms with E-state index in [0.717, 1.165) is 26.1 Å². The lowest BCUT2D eigenvalue weighted by molar-refractivity contribution is 0.0386. The van der Waals surface area contributed by atoms with Gasteiger partial charge in [0.25, 0.3) is 5.91 Å². The Labute approximate surface area is 111 Å². The Morgan fingerprint density at radius 1 is 1.61 bits per heavy atom. The molecule has 1 unspecified atom stereocenters. The molecule has 1 atom stereocenters. The predicted octanol–water partition coefficient (Wildman–Crippen LogP) is 1.63. The minimum absolute atomic E-state index is 0.157. The predicted molar refractivity (Wildman–Crippen MR) is 67.5 cm³/mol. The molecular weight excluding hydrogens is 254 g/mol. The summed E-state index contributed by atoms with van der Waals surface area (Å²) in [4.78, 5) is 21.6. The lowest BCUT2D eigenvalue weighted by Gasteiger charge is -2.26. The molecule has 0 saturated carbocycles. The Morgan fingerprint density at radius 2 is 2.44 bits per heavy atom. The molecule has 1 aromatic heterocycles. The molecule has 0 aliphatic carbocycles. The quantitative estimate of drug-likeness (QED) is 0.837. The highest BCUT2D eigenvalue weighted by atomic mass is 35.5. The smallest absolute Gasteiger partial charge is 0.273 e. The Kier molecular flexibility index (Phi) is 4.49. The lowest BCUT2D eigenvalue weighted by Crippen LogP contribution is -2.35. The minimum atomic E-state index is -0.157. The van der Waals surface area contributed by atoms with E-state index in [-0.39, 0.29) is 16.8 Å². The van der Waals surface area contributed by atoms with Gasteiger partial charge in [-0.2, -0.15) is 0 Å². The summed E-state index contributed by atoms with van der Waals surface area (Å²) in [6, 6.07) is 0.